The molecule has 0 aliphatic carbocycles. The van der Waals surface area contributed by atoms with Gasteiger partial charge in [0.15, 0.2) is 0 Å². The molecule has 0 radical (unpaired) electrons. The molecule has 82 valence electrons. The van der Waals surface area contributed by atoms with Crippen molar-refractivity contribution in [3.05, 3.63) is 52.5 Å². The Morgan fingerprint density at radius 2 is 1.62 bits per heavy atom. The van der Waals surface area contributed by atoms with Gasteiger partial charge < -0.3 is 5.73 Å². The largest absolute Gasteiger partial charge is 0.398 e. The van der Waals surface area contributed by atoms with E-state index in [9.17, 15) is 0 Å². The Hall–Kier alpha value is -0.930. The molecule has 16 heavy (non-hydrogen) atoms. The maximum absolute atomic E-state index is 5.88. The number of nitrogens with two attached hydrogens (primary N) is 1. The molecule has 0 saturated heterocycles. The van der Waals surface area contributed by atoms with Crippen LogP contribution in [0.3, 0.4) is 0 Å². The molecule has 0 amide bonds. The van der Waals surface area contributed by atoms with Crippen molar-refractivity contribution in [2.75, 3.05) is 5.73 Å². The van der Waals surface area contributed by atoms with Crippen molar-refractivity contribution in [2.45, 2.75) is 16.7 Å². The quantitative estimate of drug-likeness (QED) is 0.826. The van der Waals surface area contributed by atoms with Crippen molar-refractivity contribution in [1.82, 2.24) is 0 Å². The van der Waals surface area contributed by atoms with Gasteiger partial charge in [-0.3, -0.25) is 0 Å². The number of rotatable bonds is 2. The second-order valence-corrected chi connectivity index (χ2v) is 5.64. The van der Waals surface area contributed by atoms with E-state index in [1.807, 2.05) is 25.1 Å². The number of hydrogen-bond acceptors (Lipinski definition) is 2. The molecule has 0 saturated carbocycles. The van der Waals surface area contributed by atoms with E-state index in [0.717, 1.165) is 15.7 Å². The topological polar surface area (TPSA) is 26.0 Å². The molecule has 0 atom stereocenters. The highest BCUT2D eigenvalue weighted by Gasteiger charge is 1.99. The van der Waals surface area contributed by atoms with Crippen LogP contribution >= 0.6 is 27.7 Å². The summed E-state index contributed by atoms with van der Waals surface area (Å²) in [5.74, 6) is 0. The molecule has 0 heterocycles. The summed E-state index contributed by atoms with van der Waals surface area (Å²) < 4.78 is 1.10. The fraction of sp³-hybridized carbons (Fsp3) is 0.0769. The SMILES string of the molecule is Cc1ccc(Sc2ccc(Br)cc2)cc1N. The second-order valence-electron chi connectivity index (χ2n) is 3.57. The van der Waals surface area contributed by atoms with Crippen LogP contribution in [0.1, 0.15) is 5.56 Å². The molecule has 2 aromatic rings. The van der Waals surface area contributed by atoms with E-state index in [1.165, 1.54) is 9.79 Å². The minimum absolute atomic E-state index is 0.849. The summed E-state index contributed by atoms with van der Waals surface area (Å²) in [6.45, 7) is 2.02. The first kappa shape index (κ1) is 11.6. The Bertz CT molecular complexity index is 494. The third kappa shape index (κ3) is 2.80. The van der Waals surface area contributed by atoms with Crippen molar-refractivity contribution < 1.29 is 0 Å². The predicted octanol–water partition coefficient (Wildman–Crippen LogP) is 4.49. The van der Waals surface area contributed by atoms with Crippen molar-refractivity contribution in [2.24, 2.45) is 0 Å². The number of anilines is 1. The summed E-state index contributed by atoms with van der Waals surface area (Å²) in [5.41, 5.74) is 7.85. The number of benzene rings is 2. The van der Waals surface area contributed by atoms with Crippen LogP contribution in [0.2, 0.25) is 0 Å². The standard InChI is InChI=1S/C13H12BrNS/c1-9-2-5-12(8-13(9)15)16-11-6-3-10(14)4-7-11/h2-8H,15H2,1H3. The third-order valence-electron chi connectivity index (χ3n) is 2.30. The summed E-state index contributed by atoms with van der Waals surface area (Å²) >= 11 is 5.14. The average molecular weight is 294 g/mol. The van der Waals surface area contributed by atoms with Crippen LogP contribution < -0.4 is 5.73 Å². The van der Waals surface area contributed by atoms with Crippen molar-refractivity contribution in [1.29, 1.82) is 0 Å². The van der Waals surface area contributed by atoms with Gasteiger partial charge in [-0.15, -0.1) is 0 Å². The van der Waals surface area contributed by atoms with E-state index >= 15 is 0 Å². The molecular weight excluding hydrogens is 282 g/mol. The Morgan fingerprint density at radius 3 is 2.25 bits per heavy atom. The third-order valence-corrected chi connectivity index (χ3v) is 3.83. The van der Waals surface area contributed by atoms with Gasteiger partial charge in [0.1, 0.15) is 0 Å². The number of aryl methyl sites for hydroxylation is 1. The van der Waals surface area contributed by atoms with Crippen LogP contribution in [0.25, 0.3) is 0 Å². The van der Waals surface area contributed by atoms with Crippen LogP contribution in [0.5, 0.6) is 0 Å². The van der Waals surface area contributed by atoms with Crippen LogP contribution in [-0.2, 0) is 0 Å². The van der Waals surface area contributed by atoms with Gasteiger partial charge in [0.25, 0.3) is 0 Å². The highest BCUT2D eigenvalue weighted by Crippen LogP contribution is 2.30. The lowest BCUT2D eigenvalue weighted by Crippen LogP contribution is -1.88. The number of halogens is 1. The number of nitrogen functional groups attached to an aromatic ring is 1. The van der Waals surface area contributed by atoms with Gasteiger partial charge in [-0.1, -0.05) is 33.8 Å². The monoisotopic (exact) mass is 293 g/mol. The normalized spacial score (nSPS) is 10.4. The molecule has 2 N–H and O–H groups in total. The molecule has 2 rings (SSSR count). The minimum atomic E-state index is 0.849. The molecule has 1 nitrogen and oxygen atoms in total. The molecule has 0 spiro atoms. The molecule has 2 aromatic carbocycles. The summed E-state index contributed by atoms with van der Waals surface area (Å²) in [6, 6.07) is 14.4. The first-order valence-electron chi connectivity index (χ1n) is 4.95. The predicted molar refractivity (Wildman–Crippen MR) is 73.9 cm³/mol. The van der Waals surface area contributed by atoms with Crippen LogP contribution in [0.15, 0.2) is 56.7 Å². The lowest BCUT2D eigenvalue weighted by Gasteiger charge is -2.05. The second kappa shape index (κ2) is 4.93. The Kier molecular flexibility index (Phi) is 3.56. The van der Waals surface area contributed by atoms with Crippen LogP contribution in [-0.4, -0.2) is 0 Å². The van der Waals surface area contributed by atoms with E-state index in [4.69, 9.17) is 5.73 Å². The minimum Gasteiger partial charge on any atom is -0.398 e. The van der Waals surface area contributed by atoms with E-state index in [0.29, 0.717) is 0 Å². The zero-order chi connectivity index (χ0) is 11.5. The van der Waals surface area contributed by atoms with E-state index in [-0.39, 0.29) is 0 Å². The maximum Gasteiger partial charge on any atom is 0.0355 e. The van der Waals surface area contributed by atoms with Crippen molar-refractivity contribution >= 4 is 33.4 Å². The summed E-state index contributed by atoms with van der Waals surface area (Å²) in [6.07, 6.45) is 0. The highest BCUT2D eigenvalue weighted by molar-refractivity contribution is 9.10. The Balaban J connectivity index is 2.20. The zero-order valence-electron chi connectivity index (χ0n) is 8.91. The van der Waals surface area contributed by atoms with Gasteiger partial charge in [0, 0.05) is 20.0 Å². The van der Waals surface area contributed by atoms with Gasteiger partial charge in [0.05, 0.1) is 0 Å². The van der Waals surface area contributed by atoms with E-state index < -0.39 is 0 Å². The van der Waals surface area contributed by atoms with Gasteiger partial charge in [0.2, 0.25) is 0 Å². The first-order valence-corrected chi connectivity index (χ1v) is 6.55. The van der Waals surface area contributed by atoms with Crippen molar-refractivity contribution in [3.63, 3.8) is 0 Å². The lowest BCUT2D eigenvalue weighted by molar-refractivity contribution is 1.36. The van der Waals surface area contributed by atoms with Crippen LogP contribution in [0, 0.1) is 6.92 Å². The zero-order valence-corrected chi connectivity index (χ0v) is 11.3. The van der Waals surface area contributed by atoms with Gasteiger partial charge in [-0.2, -0.15) is 0 Å². The molecule has 0 aromatic heterocycles. The van der Waals surface area contributed by atoms with Gasteiger partial charge in [-0.25, -0.2) is 0 Å². The van der Waals surface area contributed by atoms with Gasteiger partial charge >= 0.3 is 0 Å². The fourth-order valence-electron chi connectivity index (χ4n) is 1.32. The Labute approximate surface area is 108 Å². The van der Waals surface area contributed by atoms with Crippen LogP contribution in [0.4, 0.5) is 5.69 Å². The molecular formula is C13H12BrNS. The smallest absolute Gasteiger partial charge is 0.0355 e. The lowest BCUT2D eigenvalue weighted by atomic mass is 10.2. The first-order chi connectivity index (χ1) is 7.65. The number of hydrogen-bond donors (Lipinski definition) is 1. The summed E-state index contributed by atoms with van der Waals surface area (Å²) in [7, 11) is 0. The summed E-state index contributed by atoms with van der Waals surface area (Å²) in [5, 5.41) is 0. The molecule has 0 aliphatic heterocycles. The highest BCUT2D eigenvalue weighted by atomic mass is 79.9. The van der Waals surface area contributed by atoms with E-state index in [1.54, 1.807) is 11.8 Å². The van der Waals surface area contributed by atoms with Gasteiger partial charge in [-0.05, 0) is 48.9 Å². The molecule has 0 bridgehead atoms. The van der Waals surface area contributed by atoms with E-state index in [2.05, 4.69) is 40.2 Å². The molecule has 0 aliphatic rings. The van der Waals surface area contributed by atoms with Crippen molar-refractivity contribution in [3.8, 4) is 0 Å². The summed E-state index contributed by atoms with van der Waals surface area (Å²) in [4.78, 5) is 2.39. The maximum atomic E-state index is 5.88. The fourth-order valence-corrected chi connectivity index (χ4v) is 2.45. The molecule has 0 fully saturated rings. The Morgan fingerprint density at radius 1 is 1.00 bits per heavy atom. The molecule has 0 unspecified atom stereocenters. The molecule has 3 heteroatoms. The average Bonchev–Trinajstić information content (AvgIpc) is 2.27.